The number of hydrogen-bond acceptors (Lipinski definition) is 5. The summed E-state index contributed by atoms with van der Waals surface area (Å²) in [5, 5.41) is 8.04. The van der Waals surface area contributed by atoms with E-state index in [2.05, 4.69) is 21.7 Å². The SMILES string of the molecule is O=C1CCOc2cc(-c3cc(NC4CCNCC4)nc4[nH]ccc34)ccc21. The maximum Gasteiger partial charge on any atom is 0.169 e. The van der Waals surface area contributed by atoms with E-state index in [1.807, 2.05) is 30.5 Å². The van der Waals surface area contributed by atoms with Crippen molar-refractivity contribution in [3.63, 3.8) is 0 Å². The van der Waals surface area contributed by atoms with Crippen LogP contribution < -0.4 is 15.4 Å². The Morgan fingerprint density at radius 2 is 2.00 bits per heavy atom. The molecule has 3 aromatic rings. The zero-order chi connectivity index (χ0) is 18.2. The second-order valence-corrected chi connectivity index (χ2v) is 7.20. The number of anilines is 1. The van der Waals surface area contributed by atoms with Gasteiger partial charge in [0.15, 0.2) is 5.78 Å². The van der Waals surface area contributed by atoms with Crippen LogP contribution in [0.5, 0.6) is 5.75 Å². The van der Waals surface area contributed by atoms with E-state index < -0.39 is 0 Å². The number of piperidine rings is 1. The quantitative estimate of drug-likeness (QED) is 0.666. The molecule has 0 amide bonds. The molecule has 2 aromatic heterocycles. The number of rotatable bonds is 3. The molecule has 27 heavy (non-hydrogen) atoms. The fourth-order valence-corrected chi connectivity index (χ4v) is 3.95. The molecule has 1 saturated heterocycles. The predicted molar refractivity (Wildman–Crippen MR) is 105 cm³/mol. The number of carbonyl (C=O) groups excluding carboxylic acids is 1. The third kappa shape index (κ3) is 3.06. The van der Waals surface area contributed by atoms with Crippen molar-refractivity contribution in [2.75, 3.05) is 25.0 Å². The van der Waals surface area contributed by atoms with E-state index in [1.54, 1.807) is 0 Å². The summed E-state index contributed by atoms with van der Waals surface area (Å²) in [6, 6.07) is 10.4. The van der Waals surface area contributed by atoms with Gasteiger partial charge in [0.25, 0.3) is 0 Å². The number of ketones is 1. The minimum absolute atomic E-state index is 0.151. The molecule has 5 rings (SSSR count). The standard InChI is InChI=1S/C21H22N4O2/c26-18-6-10-27-19-11-13(1-2-16(18)19)17-12-20(24-14-3-7-22-8-4-14)25-21-15(17)5-9-23-21/h1-2,5,9,11-12,14,22H,3-4,6-8,10H2,(H2,23,24,25). The van der Waals surface area contributed by atoms with Crippen molar-refractivity contribution in [1.29, 1.82) is 0 Å². The first-order chi connectivity index (χ1) is 13.3. The van der Waals surface area contributed by atoms with Gasteiger partial charge in [-0.2, -0.15) is 0 Å². The van der Waals surface area contributed by atoms with Crippen LogP contribution in [0.4, 0.5) is 5.82 Å². The van der Waals surface area contributed by atoms with E-state index in [9.17, 15) is 4.79 Å². The summed E-state index contributed by atoms with van der Waals surface area (Å²) >= 11 is 0. The van der Waals surface area contributed by atoms with Gasteiger partial charge >= 0.3 is 0 Å². The number of benzene rings is 1. The molecule has 0 aliphatic carbocycles. The molecule has 6 heteroatoms. The van der Waals surface area contributed by atoms with Crippen LogP contribution in [0.3, 0.4) is 0 Å². The summed E-state index contributed by atoms with van der Waals surface area (Å²) in [4.78, 5) is 20.0. The first-order valence-corrected chi connectivity index (χ1v) is 9.54. The number of pyridine rings is 1. The highest BCUT2D eigenvalue weighted by atomic mass is 16.5. The summed E-state index contributed by atoms with van der Waals surface area (Å²) in [5.74, 6) is 1.70. The number of nitrogens with one attached hydrogen (secondary N) is 3. The van der Waals surface area contributed by atoms with Gasteiger partial charge in [0.05, 0.1) is 12.2 Å². The first kappa shape index (κ1) is 16.3. The maximum atomic E-state index is 12.1. The lowest BCUT2D eigenvalue weighted by Crippen LogP contribution is -2.35. The maximum absolute atomic E-state index is 12.1. The van der Waals surface area contributed by atoms with Crippen LogP contribution in [0, 0.1) is 0 Å². The van der Waals surface area contributed by atoms with E-state index in [4.69, 9.17) is 9.72 Å². The molecule has 6 nitrogen and oxygen atoms in total. The molecule has 0 atom stereocenters. The van der Waals surface area contributed by atoms with Crippen molar-refractivity contribution >= 4 is 22.6 Å². The number of hydrogen-bond donors (Lipinski definition) is 3. The monoisotopic (exact) mass is 362 g/mol. The molecule has 1 aromatic carbocycles. The van der Waals surface area contributed by atoms with Gasteiger partial charge in [-0.25, -0.2) is 4.98 Å². The van der Waals surface area contributed by atoms with Crippen molar-refractivity contribution < 1.29 is 9.53 Å². The number of ether oxygens (including phenoxy) is 1. The second-order valence-electron chi connectivity index (χ2n) is 7.20. The number of fused-ring (bicyclic) bond motifs is 2. The number of aromatic nitrogens is 2. The molecule has 2 aliphatic rings. The Bertz CT molecular complexity index is 1000. The highest BCUT2D eigenvalue weighted by Gasteiger charge is 2.20. The minimum Gasteiger partial charge on any atom is -0.492 e. The van der Waals surface area contributed by atoms with Gasteiger partial charge in [0, 0.05) is 24.0 Å². The molecule has 3 N–H and O–H groups in total. The Morgan fingerprint density at radius 1 is 1.11 bits per heavy atom. The average Bonchev–Trinajstić information content (AvgIpc) is 3.17. The number of H-pyrrole nitrogens is 1. The van der Waals surface area contributed by atoms with E-state index in [1.165, 1.54) is 0 Å². The smallest absolute Gasteiger partial charge is 0.169 e. The van der Waals surface area contributed by atoms with Crippen molar-refractivity contribution in [3.8, 4) is 16.9 Å². The Hall–Kier alpha value is -2.86. The van der Waals surface area contributed by atoms with Crippen LogP contribution in [-0.2, 0) is 0 Å². The van der Waals surface area contributed by atoms with Crippen LogP contribution >= 0.6 is 0 Å². The molecule has 0 bridgehead atoms. The lowest BCUT2D eigenvalue weighted by Gasteiger charge is -2.24. The number of carbonyl (C=O) groups is 1. The van der Waals surface area contributed by atoms with E-state index in [-0.39, 0.29) is 5.78 Å². The lowest BCUT2D eigenvalue weighted by molar-refractivity contribution is 0.0933. The van der Waals surface area contributed by atoms with Gasteiger partial charge in [0.2, 0.25) is 0 Å². The zero-order valence-corrected chi connectivity index (χ0v) is 15.0. The third-order valence-electron chi connectivity index (χ3n) is 5.40. The molecule has 0 radical (unpaired) electrons. The summed E-state index contributed by atoms with van der Waals surface area (Å²) in [5.41, 5.74) is 3.65. The molecular formula is C21H22N4O2. The molecule has 1 fully saturated rings. The van der Waals surface area contributed by atoms with Gasteiger partial charge in [-0.15, -0.1) is 0 Å². The second kappa shape index (κ2) is 6.70. The van der Waals surface area contributed by atoms with Crippen LogP contribution in [0.25, 0.3) is 22.2 Å². The van der Waals surface area contributed by atoms with E-state index in [0.29, 0.717) is 30.4 Å². The molecular weight excluding hydrogens is 340 g/mol. The van der Waals surface area contributed by atoms with Crippen LogP contribution in [-0.4, -0.2) is 41.5 Å². The highest BCUT2D eigenvalue weighted by Crippen LogP contribution is 2.35. The van der Waals surface area contributed by atoms with Crippen molar-refractivity contribution in [1.82, 2.24) is 15.3 Å². The van der Waals surface area contributed by atoms with Gasteiger partial charge in [-0.1, -0.05) is 6.07 Å². The molecule has 4 heterocycles. The van der Waals surface area contributed by atoms with Gasteiger partial charge in [0.1, 0.15) is 17.2 Å². The molecule has 2 aliphatic heterocycles. The van der Waals surface area contributed by atoms with Crippen LogP contribution in [0.1, 0.15) is 29.6 Å². The Kier molecular flexibility index (Phi) is 4.05. The lowest BCUT2D eigenvalue weighted by atomic mass is 9.98. The topological polar surface area (TPSA) is 79.0 Å². The largest absolute Gasteiger partial charge is 0.492 e. The fourth-order valence-electron chi connectivity index (χ4n) is 3.95. The number of aromatic amines is 1. The van der Waals surface area contributed by atoms with Gasteiger partial charge in [-0.3, -0.25) is 4.79 Å². The third-order valence-corrected chi connectivity index (χ3v) is 5.40. The summed E-state index contributed by atoms with van der Waals surface area (Å²) < 4.78 is 5.73. The summed E-state index contributed by atoms with van der Waals surface area (Å²) in [7, 11) is 0. The summed E-state index contributed by atoms with van der Waals surface area (Å²) in [6.07, 6.45) is 4.55. The normalized spacial score (nSPS) is 17.6. The molecule has 0 unspecified atom stereocenters. The van der Waals surface area contributed by atoms with Crippen molar-refractivity contribution in [2.45, 2.75) is 25.3 Å². The Morgan fingerprint density at radius 3 is 2.89 bits per heavy atom. The molecule has 0 spiro atoms. The average molecular weight is 362 g/mol. The van der Waals surface area contributed by atoms with Crippen molar-refractivity contribution in [2.24, 2.45) is 0 Å². The minimum atomic E-state index is 0.151. The highest BCUT2D eigenvalue weighted by molar-refractivity contribution is 6.01. The Labute approximate surface area is 157 Å². The molecule has 138 valence electrons. The van der Waals surface area contributed by atoms with Crippen LogP contribution in [0.2, 0.25) is 0 Å². The van der Waals surface area contributed by atoms with Crippen LogP contribution in [0.15, 0.2) is 36.5 Å². The first-order valence-electron chi connectivity index (χ1n) is 9.54. The summed E-state index contributed by atoms with van der Waals surface area (Å²) in [6.45, 7) is 2.52. The van der Waals surface area contributed by atoms with Gasteiger partial charge in [-0.05, 0) is 61.3 Å². The van der Waals surface area contributed by atoms with Crippen molar-refractivity contribution in [3.05, 3.63) is 42.1 Å². The van der Waals surface area contributed by atoms with E-state index >= 15 is 0 Å². The fraction of sp³-hybridized carbons (Fsp3) is 0.333. The molecule has 0 saturated carbocycles. The number of Topliss-reactive ketones (excluding diaryl/α,β-unsaturated/α-hetero) is 1. The van der Waals surface area contributed by atoms with E-state index in [0.717, 1.165) is 53.9 Å². The van der Waals surface area contributed by atoms with Gasteiger partial charge < -0.3 is 20.4 Å². The Balaban J connectivity index is 1.55. The number of nitrogens with zero attached hydrogens (tertiary/aromatic N) is 1. The zero-order valence-electron chi connectivity index (χ0n) is 15.0. The predicted octanol–water partition coefficient (Wildman–Crippen LogP) is 3.36.